The fourth-order valence-electron chi connectivity index (χ4n) is 3.63. The van der Waals surface area contributed by atoms with Crippen molar-refractivity contribution in [1.82, 2.24) is 14.9 Å². The second-order valence-corrected chi connectivity index (χ2v) is 10.1. The number of amides is 3. The number of imide groups is 1. The molecule has 0 spiro atoms. The summed E-state index contributed by atoms with van der Waals surface area (Å²) >= 11 is 2.56. The monoisotopic (exact) mass is 492 g/mol. The number of carbonyl (C=O) groups excluding carboxylic acids is 2. The fourth-order valence-corrected chi connectivity index (χ4v) is 5.71. The molecule has 4 rings (SSSR count). The first kappa shape index (κ1) is 23.7. The third-order valence-electron chi connectivity index (χ3n) is 5.27. The summed E-state index contributed by atoms with van der Waals surface area (Å²) < 4.78 is 1.61. The quantitative estimate of drug-likeness (QED) is 0.292. The van der Waals surface area contributed by atoms with E-state index >= 15 is 0 Å². The zero-order valence-corrected chi connectivity index (χ0v) is 20.4. The van der Waals surface area contributed by atoms with Crippen LogP contribution in [0.15, 0.2) is 76.0 Å². The summed E-state index contributed by atoms with van der Waals surface area (Å²) in [5.74, 6) is -0.644. The van der Waals surface area contributed by atoms with Gasteiger partial charge in [0, 0.05) is 10.9 Å². The molecule has 2 aromatic carbocycles. The summed E-state index contributed by atoms with van der Waals surface area (Å²) in [6, 6.07) is 18.4. The van der Waals surface area contributed by atoms with Crippen molar-refractivity contribution in [1.29, 1.82) is 0 Å². The van der Waals surface area contributed by atoms with E-state index in [1.54, 1.807) is 4.57 Å². The van der Waals surface area contributed by atoms with Gasteiger partial charge in [-0.25, -0.2) is 9.78 Å². The van der Waals surface area contributed by atoms with E-state index in [4.69, 9.17) is 10.7 Å². The molecule has 3 amide bonds. The van der Waals surface area contributed by atoms with Crippen molar-refractivity contribution in [2.75, 3.05) is 0 Å². The minimum absolute atomic E-state index is 0.134. The predicted molar refractivity (Wildman–Crippen MR) is 137 cm³/mol. The van der Waals surface area contributed by atoms with E-state index < -0.39 is 17.2 Å². The van der Waals surface area contributed by atoms with Crippen LogP contribution in [0.3, 0.4) is 0 Å². The van der Waals surface area contributed by atoms with Crippen molar-refractivity contribution in [3.05, 3.63) is 82.0 Å². The Morgan fingerprint density at radius 3 is 2.35 bits per heavy atom. The molecule has 0 aliphatic heterocycles. The van der Waals surface area contributed by atoms with E-state index in [0.717, 1.165) is 16.7 Å². The number of nitrogens with one attached hydrogen (secondary N) is 1. The van der Waals surface area contributed by atoms with Crippen LogP contribution in [-0.2, 0) is 11.3 Å². The van der Waals surface area contributed by atoms with Crippen LogP contribution in [0.5, 0.6) is 0 Å². The molecule has 0 fully saturated rings. The number of thiophene rings is 1. The van der Waals surface area contributed by atoms with Gasteiger partial charge in [-0.05, 0) is 17.0 Å². The van der Waals surface area contributed by atoms with Crippen LogP contribution < -0.4 is 16.6 Å². The molecule has 7 nitrogen and oxygen atoms in total. The van der Waals surface area contributed by atoms with Gasteiger partial charge in [-0.1, -0.05) is 86.3 Å². The number of hydrogen-bond acceptors (Lipinski definition) is 6. The van der Waals surface area contributed by atoms with Gasteiger partial charge < -0.3 is 5.73 Å². The highest BCUT2D eigenvalue weighted by Gasteiger charge is 2.28. The standard InChI is InChI=1S/C25H24N4O3S2/c1-15(2)20(21(30)27-24(26)32)34-25-28-22-19(18(14-33-22)17-11-7-4-8-12-17)23(31)29(25)13-16-9-5-3-6-10-16/h3-12,14-15,20H,13H2,1-2H3,(H3,26,27,30,32)/t20-/m1/s1. The van der Waals surface area contributed by atoms with Crippen molar-refractivity contribution >= 4 is 45.3 Å². The molecule has 0 aliphatic rings. The summed E-state index contributed by atoms with van der Waals surface area (Å²) in [6.07, 6.45) is 0. The number of aromatic nitrogens is 2. The predicted octanol–water partition coefficient (Wildman–Crippen LogP) is 4.48. The normalized spacial score (nSPS) is 12.1. The lowest BCUT2D eigenvalue weighted by atomic mass is 10.1. The van der Waals surface area contributed by atoms with E-state index in [0.29, 0.717) is 21.9 Å². The van der Waals surface area contributed by atoms with E-state index in [-0.39, 0.29) is 11.5 Å². The SMILES string of the molecule is CC(C)[C@@H](Sc1nc2scc(-c3ccccc3)c2c(=O)n1Cc1ccccc1)C(=O)NC(N)=O. The van der Waals surface area contributed by atoms with Crippen LogP contribution in [0, 0.1) is 5.92 Å². The number of thioether (sulfide) groups is 1. The van der Waals surface area contributed by atoms with Gasteiger partial charge >= 0.3 is 6.03 Å². The molecule has 9 heteroatoms. The first-order chi connectivity index (χ1) is 16.3. The smallest absolute Gasteiger partial charge is 0.318 e. The van der Waals surface area contributed by atoms with Gasteiger partial charge in [0.2, 0.25) is 5.91 Å². The Hall–Kier alpha value is -3.43. The van der Waals surface area contributed by atoms with Crippen molar-refractivity contribution in [3.63, 3.8) is 0 Å². The van der Waals surface area contributed by atoms with Crippen LogP contribution in [0.4, 0.5) is 4.79 Å². The molecule has 0 saturated carbocycles. The number of primary amides is 1. The van der Waals surface area contributed by atoms with Crippen LogP contribution in [0.2, 0.25) is 0 Å². The van der Waals surface area contributed by atoms with Gasteiger partial charge in [0.25, 0.3) is 5.56 Å². The molecule has 1 atom stereocenters. The minimum Gasteiger partial charge on any atom is -0.351 e. The Labute approximate surface area is 205 Å². The molecule has 0 radical (unpaired) electrons. The Morgan fingerprint density at radius 1 is 1.09 bits per heavy atom. The molecule has 3 N–H and O–H groups in total. The Morgan fingerprint density at radius 2 is 1.74 bits per heavy atom. The number of benzene rings is 2. The first-order valence-electron chi connectivity index (χ1n) is 10.7. The van der Waals surface area contributed by atoms with Gasteiger partial charge in [-0.3, -0.25) is 19.5 Å². The fraction of sp³-hybridized carbons (Fsp3) is 0.200. The number of hydrogen-bond donors (Lipinski definition) is 2. The number of nitrogens with zero attached hydrogens (tertiary/aromatic N) is 2. The molecule has 0 bridgehead atoms. The van der Waals surface area contributed by atoms with Crippen molar-refractivity contribution in [2.24, 2.45) is 11.7 Å². The number of fused-ring (bicyclic) bond motifs is 1. The summed E-state index contributed by atoms with van der Waals surface area (Å²) in [4.78, 5) is 43.2. The van der Waals surface area contributed by atoms with Crippen LogP contribution in [0.25, 0.3) is 21.3 Å². The van der Waals surface area contributed by atoms with Gasteiger partial charge in [0.1, 0.15) is 4.83 Å². The van der Waals surface area contributed by atoms with Gasteiger partial charge in [-0.2, -0.15) is 0 Å². The Kier molecular flexibility index (Phi) is 7.14. The van der Waals surface area contributed by atoms with E-state index in [1.165, 1.54) is 23.1 Å². The molecule has 2 aromatic heterocycles. The number of nitrogens with two attached hydrogens (primary N) is 1. The molecule has 174 valence electrons. The van der Waals surface area contributed by atoms with E-state index in [1.807, 2.05) is 79.9 Å². The average Bonchev–Trinajstić information content (AvgIpc) is 3.24. The average molecular weight is 493 g/mol. The van der Waals surface area contributed by atoms with Crippen molar-refractivity contribution < 1.29 is 9.59 Å². The van der Waals surface area contributed by atoms with Crippen LogP contribution in [0.1, 0.15) is 19.4 Å². The maximum atomic E-state index is 13.8. The molecular formula is C25H24N4O3S2. The summed E-state index contributed by atoms with van der Waals surface area (Å²) in [6.45, 7) is 4.04. The summed E-state index contributed by atoms with van der Waals surface area (Å²) in [5, 5.41) is 4.41. The minimum atomic E-state index is -0.910. The molecule has 4 aromatic rings. The van der Waals surface area contributed by atoms with Gasteiger partial charge in [0.05, 0.1) is 17.2 Å². The highest BCUT2D eigenvalue weighted by Crippen LogP contribution is 2.34. The van der Waals surface area contributed by atoms with Crippen molar-refractivity contribution in [2.45, 2.75) is 30.8 Å². The van der Waals surface area contributed by atoms with Gasteiger partial charge in [-0.15, -0.1) is 11.3 Å². The molecule has 2 heterocycles. The maximum absolute atomic E-state index is 13.8. The van der Waals surface area contributed by atoms with Gasteiger partial charge in [0.15, 0.2) is 5.16 Å². The Bertz CT molecular complexity index is 1380. The van der Waals surface area contributed by atoms with E-state index in [9.17, 15) is 14.4 Å². The topological polar surface area (TPSA) is 107 Å². The largest absolute Gasteiger partial charge is 0.351 e. The summed E-state index contributed by atoms with van der Waals surface area (Å²) in [7, 11) is 0. The molecular weight excluding hydrogens is 468 g/mol. The number of carbonyl (C=O) groups is 2. The van der Waals surface area contributed by atoms with Crippen LogP contribution >= 0.6 is 23.1 Å². The second kappa shape index (κ2) is 10.2. The Balaban J connectivity index is 1.86. The third kappa shape index (κ3) is 5.05. The van der Waals surface area contributed by atoms with Crippen molar-refractivity contribution in [3.8, 4) is 11.1 Å². The first-order valence-corrected chi connectivity index (χ1v) is 12.5. The lowest BCUT2D eigenvalue weighted by molar-refractivity contribution is -0.120. The van der Waals surface area contributed by atoms with E-state index in [2.05, 4.69) is 5.32 Å². The zero-order chi connectivity index (χ0) is 24.2. The lowest BCUT2D eigenvalue weighted by Gasteiger charge is -2.20. The molecule has 0 aliphatic carbocycles. The highest BCUT2D eigenvalue weighted by atomic mass is 32.2. The lowest BCUT2D eigenvalue weighted by Crippen LogP contribution is -2.42. The number of urea groups is 1. The highest BCUT2D eigenvalue weighted by molar-refractivity contribution is 8.00. The molecule has 0 unspecified atom stereocenters. The molecule has 34 heavy (non-hydrogen) atoms. The second-order valence-electron chi connectivity index (χ2n) is 8.10. The number of rotatable bonds is 7. The van der Waals surface area contributed by atoms with Crippen LogP contribution in [-0.4, -0.2) is 26.7 Å². The third-order valence-corrected chi connectivity index (χ3v) is 7.68. The maximum Gasteiger partial charge on any atom is 0.318 e. The summed E-state index contributed by atoms with van der Waals surface area (Å²) in [5.41, 5.74) is 7.71. The molecule has 0 saturated heterocycles. The zero-order valence-electron chi connectivity index (χ0n) is 18.7.